The number of carbonyl (C=O) groups is 1. The molecule has 0 radical (unpaired) electrons. The molecule has 3 aromatic rings. The third kappa shape index (κ3) is 4.79. The summed E-state index contributed by atoms with van der Waals surface area (Å²) in [5.41, 5.74) is 3.12. The highest BCUT2D eigenvalue weighted by atomic mass is 35.5. The molecule has 31 heavy (non-hydrogen) atoms. The van der Waals surface area contributed by atoms with E-state index >= 15 is 0 Å². The Morgan fingerprint density at radius 3 is 2.61 bits per heavy atom. The van der Waals surface area contributed by atoms with Crippen LogP contribution in [0, 0.1) is 5.82 Å². The molecule has 1 N–H and O–H groups in total. The van der Waals surface area contributed by atoms with Gasteiger partial charge in [0.15, 0.2) is 0 Å². The Kier molecular flexibility index (Phi) is 6.65. The monoisotopic (exact) mass is 477 g/mol. The van der Waals surface area contributed by atoms with Crippen molar-refractivity contribution in [2.24, 2.45) is 0 Å². The fourth-order valence-electron chi connectivity index (χ4n) is 4.02. The molecule has 2 aromatic carbocycles. The van der Waals surface area contributed by atoms with E-state index in [-0.39, 0.29) is 28.0 Å². The minimum Gasteiger partial charge on any atom is -0.354 e. The first-order valence-electron chi connectivity index (χ1n) is 9.79. The van der Waals surface area contributed by atoms with Gasteiger partial charge in [-0.25, -0.2) is 9.37 Å². The van der Waals surface area contributed by atoms with E-state index in [1.165, 1.54) is 12.1 Å². The van der Waals surface area contributed by atoms with E-state index in [0.29, 0.717) is 23.7 Å². The minimum absolute atomic E-state index is 0.162. The van der Waals surface area contributed by atoms with Crippen molar-refractivity contribution in [1.29, 1.82) is 0 Å². The molecule has 8 heteroatoms. The number of anilines is 2. The molecule has 1 amide bonds. The summed E-state index contributed by atoms with van der Waals surface area (Å²) in [6, 6.07) is 13.5. The Bertz CT molecular complexity index is 1090. The lowest BCUT2D eigenvalue weighted by Crippen LogP contribution is -2.35. The van der Waals surface area contributed by atoms with E-state index in [4.69, 9.17) is 34.8 Å². The first kappa shape index (κ1) is 21.9. The van der Waals surface area contributed by atoms with Crippen LogP contribution in [0.4, 0.5) is 15.8 Å². The highest BCUT2D eigenvalue weighted by Crippen LogP contribution is 2.44. The largest absolute Gasteiger partial charge is 0.354 e. The van der Waals surface area contributed by atoms with Crippen LogP contribution in [0.3, 0.4) is 0 Å². The van der Waals surface area contributed by atoms with Gasteiger partial charge >= 0.3 is 0 Å². The van der Waals surface area contributed by atoms with Crippen molar-refractivity contribution >= 4 is 52.6 Å². The molecular formula is C23H19Cl3FN3O. The van der Waals surface area contributed by atoms with E-state index < -0.39 is 0 Å². The van der Waals surface area contributed by atoms with E-state index in [1.807, 2.05) is 12.1 Å². The number of nitrogens with zero attached hydrogens (tertiary/aromatic N) is 2. The predicted molar refractivity (Wildman–Crippen MR) is 123 cm³/mol. The number of amides is 1. The van der Waals surface area contributed by atoms with Crippen LogP contribution in [0.15, 0.2) is 54.7 Å². The van der Waals surface area contributed by atoms with Crippen molar-refractivity contribution in [2.75, 3.05) is 11.9 Å². The highest BCUT2D eigenvalue weighted by molar-refractivity contribution is 6.43. The van der Waals surface area contributed by atoms with Gasteiger partial charge in [0.25, 0.3) is 0 Å². The molecule has 0 spiro atoms. The number of hydrogen-bond donors (Lipinski definition) is 1. The van der Waals surface area contributed by atoms with Gasteiger partial charge in [-0.1, -0.05) is 53.0 Å². The zero-order chi connectivity index (χ0) is 22.0. The molecule has 2 heterocycles. The minimum atomic E-state index is -0.273. The topological polar surface area (TPSA) is 45.2 Å². The van der Waals surface area contributed by atoms with Crippen molar-refractivity contribution in [3.05, 3.63) is 86.9 Å². The van der Waals surface area contributed by atoms with Gasteiger partial charge in [-0.05, 0) is 54.7 Å². The first-order valence-corrected chi connectivity index (χ1v) is 10.9. The van der Waals surface area contributed by atoms with E-state index in [9.17, 15) is 9.18 Å². The molecule has 2 atom stereocenters. The Morgan fingerprint density at radius 1 is 1.13 bits per heavy atom. The summed E-state index contributed by atoms with van der Waals surface area (Å²) in [6.45, 7) is 0.563. The molecule has 1 aliphatic heterocycles. The summed E-state index contributed by atoms with van der Waals surface area (Å²) in [6.07, 6.45) is 3.92. The standard InChI is InChI=1S/C23H19Cl3FN3O/c24-16-2-1-3-18(11-16)29-22-19(12-28-23(26)21(22)25)20-10-15(8-9-30(20)13-31)14-4-6-17(27)7-5-14/h1-7,11-13,15,20H,8-10H2,(H,28,29). The maximum Gasteiger partial charge on any atom is 0.210 e. The molecule has 0 saturated carbocycles. The van der Waals surface area contributed by atoms with Crippen LogP contribution in [0.25, 0.3) is 0 Å². The summed E-state index contributed by atoms with van der Waals surface area (Å²) in [4.78, 5) is 17.8. The fourth-order valence-corrected chi connectivity index (χ4v) is 4.56. The lowest BCUT2D eigenvalue weighted by atomic mass is 9.83. The molecule has 0 bridgehead atoms. The van der Waals surface area contributed by atoms with Gasteiger partial charge in [0.2, 0.25) is 6.41 Å². The first-order chi connectivity index (χ1) is 15.0. The van der Waals surface area contributed by atoms with E-state index in [0.717, 1.165) is 29.6 Å². The third-order valence-corrected chi connectivity index (χ3v) is 6.57. The Balaban J connectivity index is 1.72. The van der Waals surface area contributed by atoms with Crippen molar-refractivity contribution < 1.29 is 9.18 Å². The van der Waals surface area contributed by atoms with E-state index in [1.54, 1.807) is 35.4 Å². The third-order valence-electron chi connectivity index (χ3n) is 5.58. The number of likely N-dealkylation sites (tertiary alicyclic amines) is 1. The van der Waals surface area contributed by atoms with Crippen LogP contribution in [0.5, 0.6) is 0 Å². The van der Waals surface area contributed by atoms with Gasteiger partial charge < -0.3 is 10.2 Å². The van der Waals surface area contributed by atoms with Crippen molar-refractivity contribution in [2.45, 2.75) is 24.8 Å². The molecule has 1 saturated heterocycles. The van der Waals surface area contributed by atoms with Crippen molar-refractivity contribution in [1.82, 2.24) is 9.88 Å². The summed E-state index contributed by atoms with van der Waals surface area (Å²) < 4.78 is 13.4. The second kappa shape index (κ2) is 9.43. The zero-order valence-corrected chi connectivity index (χ0v) is 18.6. The van der Waals surface area contributed by atoms with Gasteiger partial charge in [0, 0.05) is 29.0 Å². The number of halogens is 4. The molecule has 1 aromatic heterocycles. The normalized spacial score (nSPS) is 18.6. The lowest BCUT2D eigenvalue weighted by molar-refractivity contribution is -0.121. The van der Waals surface area contributed by atoms with Gasteiger partial charge in [0.1, 0.15) is 16.0 Å². The quantitative estimate of drug-likeness (QED) is 0.317. The maximum absolute atomic E-state index is 13.4. The lowest BCUT2D eigenvalue weighted by Gasteiger charge is -2.38. The molecule has 160 valence electrons. The average molecular weight is 479 g/mol. The number of carbonyl (C=O) groups excluding carboxylic acids is 1. The van der Waals surface area contributed by atoms with Gasteiger partial charge in [-0.2, -0.15) is 0 Å². The molecule has 0 aliphatic carbocycles. The van der Waals surface area contributed by atoms with Crippen LogP contribution >= 0.6 is 34.8 Å². The van der Waals surface area contributed by atoms with Crippen molar-refractivity contribution in [3.8, 4) is 0 Å². The molecular weight excluding hydrogens is 460 g/mol. The Morgan fingerprint density at radius 2 is 1.90 bits per heavy atom. The number of benzene rings is 2. The number of rotatable bonds is 5. The summed E-state index contributed by atoms with van der Waals surface area (Å²) in [5, 5.41) is 4.31. The van der Waals surface area contributed by atoms with Gasteiger partial charge in [0.05, 0.1) is 11.7 Å². The zero-order valence-electron chi connectivity index (χ0n) is 16.4. The fraction of sp³-hybridized carbons (Fsp3) is 0.217. The highest BCUT2D eigenvalue weighted by Gasteiger charge is 2.32. The van der Waals surface area contributed by atoms with Gasteiger partial charge in [-0.3, -0.25) is 4.79 Å². The molecule has 4 rings (SSSR count). The predicted octanol–water partition coefficient (Wildman–Crippen LogP) is 7.00. The number of pyridine rings is 1. The Hall–Kier alpha value is -2.34. The van der Waals surface area contributed by atoms with Crippen LogP contribution in [0.1, 0.15) is 35.9 Å². The molecule has 4 nitrogen and oxygen atoms in total. The van der Waals surface area contributed by atoms with Crippen LogP contribution < -0.4 is 5.32 Å². The molecule has 1 fully saturated rings. The SMILES string of the molecule is O=CN1CCC(c2ccc(F)cc2)CC1c1cnc(Cl)c(Cl)c1Nc1cccc(Cl)c1. The second-order valence-corrected chi connectivity index (χ2v) is 8.63. The summed E-state index contributed by atoms with van der Waals surface area (Å²) >= 11 is 18.9. The Labute approximate surface area is 194 Å². The molecule has 2 unspecified atom stereocenters. The number of hydrogen-bond acceptors (Lipinski definition) is 3. The van der Waals surface area contributed by atoms with Crippen molar-refractivity contribution in [3.63, 3.8) is 0 Å². The van der Waals surface area contributed by atoms with E-state index in [2.05, 4.69) is 10.3 Å². The van der Waals surface area contributed by atoms with Crippen LogP contribution in [-0.2, 0) is 4.79 Å². The summed E-state index contributed by atoms with van der Waals surface area (Å²) in [5.74, 6) is -0.109. The van der Waals surface area contributed by atoms with Gasteiger partial charge in [-0.15, -0.1) is 0 Å². The van der Waals surface area contributed by atoms with Crippen LogP contribution in [-0.4, -0.2) is 22.8 Å². The average Bonchev–Trinajstić information content (AvgIpc) is 2.77. The van der Waals surface area contributed by atoms with Crippen LogP contribution in [0.2, 0.25) is 15.2 Å². The molecule has 1 aliphatic rings. The smallest absolute Gasteiger partial charge is 0.210 e. The number of nitrogens with one attached hydrogen (secondary N) is 1. The maximum atomic E-state index is 13.4. The number of aromatic nitrogens is 1. The second-order valence-electron chi connectivity index (χ2n) is 7.46. The summed E-state index contributed by atoms with van der Waals surface area (Å²) in [7, 11) is 0. The number of piperidine rings is 1.